The molecule has 2 aromatic carbocycles. The van der Waals surface area contributed by atoms with Crippen LogP contribution in [0.3, 0.4) is 0 Å². The number of anilines is 1. The maximum absolute atomic E-state index is 11.9. The average molecular weight is 357 g/mol. The van der Waals surface area contributed by atoms with E-state index in [9.17, 15) is 14.9 Å². The molecule has 0 aliphatic heterocycles. The van der Waals surface area contributed by atoms with Crippen LogP contribution in [0, 0.1) is 10.1 Å². The monoisotopic (exact) mass is 357 g/mol. The number of nitrogens with zero attached hydrogens (tertiary/aromatic N) is 1. The number of carbonyl (C=O) groups is 1. The van der Waals surface area contributed by atoms with Crippen LogP contribution in [-0.4, -0.2) is 23.1 Å². The molecule has 25 heavy (non-hydrogen) atoms. The average Bonchev–Trinajstić information content (AvgIpc) is 2.60. The van der Waals surface area contributed by atoms with Crippen LogP contribution in [0.2, 0.25) is 0 Å². The Balaban J connectivity index is 1.92. The van der Waals surface area contributed by atoms with E-state index in [0.29, 0.717) is 11.4 Å². The summed E-state index contributed by atoms with van der Waals surface area (Å²) in [6, 6.07) is 13.0. The first-order valence-corrected chi connectivity index (χ1v) is 7.58. The fourth-order valence-electron chi connectivity index (χ4n) is 1.95. The van der Waals surface area contributed by atoms with Gasteiger partial charge in [0.2, 0.25) is 5.91 Å². The molecule has 0 saturated carbocycles. The molecule has 0 spiro atoms. The summed E-state index contributed by atoms with van der Waals surface area (Å²) in [7, 11) is 1.55. The van der Waals surface area contributed by atoms with E-state index in [1.807, 2.05) is 18.2 Å². The Bertz CT molecular complexity index is 819. The van der Waals surface area contributed by atoms with Crippen LogP contribution in [0.1, 0.15) is 5.56 Å². The Labute approximate surface area is 149 Å². The van der Waals surface area contributed by atoms with Crippen molar-refractivity contribution in [1.29, 1.82) is 0 Å². The Morgan fingerprint density at radius 3 is 2.52 bits per heavy atom. The summed E-state index contributed by atoms with van der Waals surface area (Å²) in [6.45, 7) is 0. The summed E-state index contributed by atoms with van der Waals surface area (Å²) in [5, 5.41) is 16.0. The first-order valence-electron chi connectivity index (χ1n) is 7.17. The van der Waals surface area contributed by atoms with E-state index in [1.54, 1.807) is 19.3 Å². The molecular weight excluding hydrogens is 342 g/mol. The zero-order valence-electron chi connectivity index (χ0n) is 13.3. The molecular formula is C17H15N3O4S. The molecule has 0 atom stereocenters. The van der Waals surface area contributed by atoms with Gasteiger partial charge in [0.1, 0.15) is 5.75 Å². The second-order valence-electron chi connectivity index (χ2n) is 4.82. The van der Waals surface area contributed by atoms with Gasteiger partial charge in [0.25, 0.3) is 5.69 Å². The van der Waals surface area contributed by atoms with Crippen molar-refractivity contribution in [3.63, 3.8) is 0 Å². The Hall–Kier alpha value is -3.26. The van der Waals surface area contributed by atoms with Gasteiger partial charge in [0.15, 0.2) is 5.11 Å². The lowest BCUT2D eigenvalue weighted by Gasteiger charge is -2.08. The van der Waals surface area contributed by atoms with Gasteiger partial charge in [-0.15, -0.1) is 0 Å². The van der Waals surface area contributed by atoms with Gasteiger partial charge < -0.3 is 10.1 Å². The van der Waals surface area contributed by atoms with Gasteiger partial charge in [-0.1, -0.05) is 18.2 Å². The molecule has 0 aliphatic rings. The molecule has 2 aromatic rings. The largest absolute Gasteiger partial charge is 0.496 e. The van der Waals surface area contributed by atoms with E-state index in [1.165, 1.54) is 30.3 Å². The van der Waals surface area contributed by atoms with E-state index in [0.717, 1.165) is 5.56 Å². The third kappa shape index (κ3) is 5.40. The Morgan fingerprint density at radius 2 is 1.88 bits per heavy atom. The number of nitro groups is 1. The molecule has 128 valence electrons. The summed E-state index contributed by atoms with van der Waals surface area (Å²) in [5.74, 6) is 0.239. The molecule has 0 aliphatic carbocycles. The summed E-state index contributed by atoms with van der Waals surface area (Å²) >= 11 is 5.04. The molecule has 2 rings (SSSR count). The number of para-hydroxylation sites is 1. The summed E-state index contributed by atoms with van der Waals surface area (Å²) in [5.41, 5.74) is 1.26. The fourth-order valence-corrected chi connectivity index (χ4v) is 2.17. The van der Waals surface area contributed by atoms with Crippen molar-refractivity contribution < 1.29 is 14.5 Å². The van der Waals surface area contributed by atoms with Crippen molar-refractivity contribution in [1.82, 2.24) is 5.32 Å². The molecule has 0 fully saturated rings. The number of methoxy groups -OCH3 is 1. The quantitative estimate of drug-likeness (QED) is 0.370. The predicted molar refractivity (Wildman–Crippen MR) is 99.5 cm³/mol. The summed E-state index contributed by atoms with van der Waals surface area (Å²) in [4.78, 5) is 22.0. The predicted octanol–water partition coefficient (Wildman–Crippen LogP) is 3.13. The van der Waals surface area contributed by atoms with Crippen LogP contribution < -0.4 is 15.4 Å². The number of nitro benzene ring substituents is 1. The molecule has 0 saturated heterocycles. The minimum absolute atomic E-state index is 0.0276. The molecule has 0 heterocycles. The molecule has 0 aromatic heterocycles. The Kier molecular flexibility index (Phi) is 6.19. The lowest BCUT2D eigenvalue weighted by Crippen LogP contribution is -2.32. The highest BCUT2D eigenvalue weighted by Gasteiger charge is 2.06. The van der Waals surface area contributed by atoms with E-state index < -0.39 is 10.8 Å². The third-order valence-corrected chi connectivity index (χ3v) is 3.33. The van der Waals surface area contributed by atoms with Gasteiger partial charge in [-0.25, -0.2) is 0 Å². The number of hydrogen-bond donors (Lipinski definition) is 2. The third-order valence-electron chi connectivity index (χ3n) is 3.13. The van der Waals surface area contributed by atoms with Crippen LogP contribution in [0.15, 0.2) is 54.6 Å². The number of hydrogen-bond acceptors (Lipinski definition) is 5. The molecule has 0 radical (unpaired) electrons. The lowest BCUT2D eigenvalue weighted by molar-refractivity contribution is -0.384. The normalized spacial score (nSPS) is 10.3. The summed E-state index contributed by atoms with van der Waals surface area (Å²) in [6.07, 6.45) is 2.95. The molecule has 2 N–H and O–H groups in total. The number of amides is 1. The van der Waals surface area contributed by atoms with Gasteiger partial charge in [0.05, 0.1) is 12.0 Å². The number of thiocarbonyl (C=S) groups is 1. The van der Waals surface area contributed by atoms with E-state index >= 15 is 0 Å². The van der Waals surface area contributed by atoms with Gasteiger partial charge >= 0.3 is 0 Å². The second kappa shape index (κ2) is 8.55. The standard InChI is InChI=1S/C17H15N3O4S/c1-24-15-5-3-2-4-12(15)6-11-16(21)19-17(25)18-13-7-9-14(10-8-13)20(22)23/h2-11H,1H3,(H2,18,19,21,25). The van der Waals surface area contributed by atoms with E-state index in [4.69, 9.17) is 17.0 Å². The SMILES string of the molecule is COc1ccccc1C=CC(=O)NC(=S)Nc1ccc([N+](=O)[O-])cc1. The maximum atomic E-state index is 11.9. The van der Waals surface area contributed by atoms with Gasteiger partial charge in [0, 0.05) is 29.5 Å². The van der Waals surface area contributed by atoms with Crippen LogP contribution in [0.25, 0.3) is 6.08 Å². The maximum Gasteiger partial charge on any atom is 0.269 e. The zero-order chi connectivity index (χ0) is 18.2. The highest BCUT2D eigenvalue weighted by atomic mass is 32.1. The molecule has 0 unspecified atom stereocenters. The van der Waals surface area contributed by atoms with Gasteiger partial charge in [-0.2, -0.15) is 0 Å². The van der Waals surface area contributed by atoms with E-state index in [-0.39, 0.29) is 10.8 Å². The number of ether oxygens (including phenoxy) is 1. The topological polar surface area (TPSA) is 93.5 Å². The van der Waals surface area contributed by atoms with Crippen molar-refractivity contribution in [3.8, 4) is 5.75 Å². The number of non-ortho nitro benzene ring substituents is 1. The Morgan fingerprint density at radius 1 is 1.20 bits per heavy atom. The van der Waals surface area contributed by atoms with Gasteiger partial charge in [-0.3, -0.25) is 20.2 Å². The van der Waals surface area contributed by atoms with Crippen molar-refractivity contribution in [2.24, 2.45) is 0 Å². The highest BCUT2D eigenvalue weighted by molar-refractivity contribution is 7.80. The van der Waals surface area contributed by atoms with Crippen molar-refractivity contribution >= 4 is 40.7 Å². The minimum atomic E-state index is -0.494. The minimum Gasteiger partial charge on any atom is -0.496 e. The van der Waals surface area contributed by atoms with Crippen LogP contribution in [-0.2, 0) is 4.79 Å². The molecule has 7 nitrogen and oxygen atoms in total. The highest BCUT2D eigenvalue weighted by Crippen LogP contribution is 2.18. The first-order chi connectivity index (χ1) is 12.0. The number of nitrogens with one attached hydrogen (secondary N) is 2. The first kappa shape index (κ1) is 18.1. The van der Waals surface area contributed by atoms with Crippen LogP contribution in [0.4, 0.5) is 11.4 Å². The van der Waals surface area contributed by atoms with Crippen molar-refractivity contribution in [2.75, 3.05) is 12.4 Å². The molecule has 0 bridgehead atoms. The molecule has 1 amide bonds. The smallest absolute Gasteiger partial charge is 0.269 e. The number of benzene rings is 2. The van der Waals surface area contributed by atoms with E-state index in [2.05, 4.69) is 10.6 Å². The second-order valence-corrected chi connectivity index (χ2v) is 5.23. The van der Waals surface area contributed by atoms with Crippen LogP contribution in [0.5, 0.6) is 5.75 Å². The van der Waals surface area contributed by atoms with Crippen molar-refractivity contribution in [2.45, 2.75) is 0 Å². The van der Waals surface area contributed by atoms with Gasteiger partial charge in [-0.05, 0) is 36.5 Å². The van der Waals surface area contributed by atoms with Crippen molar-refractivity contribution in [3.05, 3.63) is 70.3 Å². The number of carbonyl (C=O) groups excluding carboxylic acids is 1. The fraction of sp³-hybridized carbons (Fsp3) is 0.0588. The molecule has 8 heteroatoms. The summed E-state index contributed by atoms with van der Waals surface area (Å²) < 4.78 is 5.20. The number of rotatable bonds is 5. The zero-order valence-corrected chi connectivity index (χ0v) is 14.1. The van der Waals surface area contributed by atoms with Crippen LogP contribution >= 0.6 is 12.2 Å². The lowest BCUT2D eigenvalue weighted by atomic mass is 10.2.